The van der Waals surface area contributed by atoms with Crippen LogP contribution in [0.5, 0.6) is 5.75 Å². The van der Waals surface area contributed by atoms with E-state index in [0.717, 1.165) is 16.2 Å². The molecule has 0 aliphatic carbocycles. The summed E-state index contributed by atoms with van der Waals surface area (Å²) in [5.41, 5.74) is 0. The minimum atomic E-state index is -0.226. The predicted molar refractivity (Wildman–Crippen MR) is 44.9 cm³/mol. The zero-order valence-electron chi connectivity index (χ0n) is 6.85. The molecule has 1 heterocycles. The lowest BCUT2D eigenvalue weighted by Crippen LogP contribution is -1.81. The molecule has 0 spiro atoms. The molecule has 0 saturated heterocycles. The fourth-order valence-corrected chi connectivity index (χ4v) is 1.64. The van der Waals surface area contributed by atoms with Crippen molar-refractivity contribution in [1.82, 2.24) is 0 Å². The number of methoxy groups -OCH3 is 1. The van der Waals surface area contributed by atoms with Crippen molar-refractivity contribution in [2.75, 3.05) is 7.11 Å². The monoisotopic (exact) mass is 174 g/mol. The number of ether oxygens (including phenoxy) is 1. The third kappa shape index (κ3) is 1.71. The molecule has 11 heavy (non-hydrogen) atoms. The van der Waals surface area contributed by atoms with Gasteiger partial charge in [-0.05, 0) is 12.0 Å². The van der Waals surface area contributed by atoms with Crippen molar-refractivity contribution >= 4 is 11.3 Å². The van der Waals surface area contributed by atoms with Crippen LogP contribution < -0.4 is 4.74 Å². The first-order valence-corrected chi connectivity index (χ1v) is 4.30. The van der Waals surface area contributed by atoms with Gasteiger partial charge in [0.15, 0.2) is 5.75 Å². The summed E-state index contributed by atoms with van der Waals surface area (Å²) in [6.07, 6.45) is 0. The Kier molecular flexibility index (Phi) is 2.49. The van der Waals surface area contributed by atoms with Gasteiger partial charge in [0.2, 0.25) is 5.13 Å². The second-order valence-electron chi connectivity index (χ2n) is 2.65. The van der Waals surface area contributed by atoms with E-state index < -0.39 is 0 Å². The molecule has 62 valence electrons. The number of thiophene rings is 1. The van der Waals surface area contributed by atoms with Gasteiger partial charge in [0.05, 0.1) is 7.11 Å². The van der Waals surface area contributed by atoms with E-state index in [0.29, 0.717) is 11.7 Å². The molecule has 0 amide bonds. The van der Waals surface area contributed by atoms with Crippen LogP contribution in [0.1, 0.15) is 24.6 Å². The van der Waals surface area contributed by atoms with Gasteiger partial charge in [0.25, 0.3) is 0 Å². The average molecular weight is 174 g/mol. The predicted octanol–water partition coefficient (Wildman–Crippen LogP) is 3.02. The molecule has 3 heteroatoms. The summed E-state index contributed by atoms with van der Waals surface area (Å²) < 4.78 is 17.7. The fraction of sp³-hybridized carbons (Fsp3) is 0.500. The van der Waals surface area contributed by atoms with Crippen molar-refractivity contribution in [2.45, 2.75) is 19.8 Å². The molecule has 0 radical (unpaired) electrons. The summed E-state index contributed by atoms with van der Waals surface area (Å²) in [4.78, 5) is 1.03. The van der Waals surface area contributed by atoms with E-state index in [1.807, 2.05) is 13.8 Å². The Balaban J connectivity index is 2.95. The third-order valence-electron chi connectivity index (χ3n) is 1.46. The fourth-order valence-electron chi connectivity index (χ4n) is 0.793. The third-order valence-corrected chi connectivity index (χ3v) is 2.67. The van der Waals surface area contributed by atoms with E-state index >= 15 is 0 Å². The van der Waals surface area contributed by atoms with Crippen molar-refractivity contribution in [3.05, 3.63) is 16.1 Å². The molecule has 0 aliphatic heterocycles. The minimum Gasteiger partial charge on any atom is -0.493 e. The molecule has 0 aromatic carbocycles. The highest BCUT2D eigenvalue weighted by atomic mass is 32.1. The van der Waals surface area contributed by atoms with Gasteiger partial charge < -0.3 is 4.74 Å². The summed E-state index contributed by atoms with van der Waals surface area (Å²) in [5, 5.41) is -0.226. The second-order valence-corrected chi connectivity index (χ2v) is 3.68. The molecule has 0 bridgehead atoms. The van der Waals surface area contributed by atoms with Crippen LogP contribution in [0.2, 0.25) is 0 Å². The molecule has 0 fully saturated rings. The van der Waals surface area contributed by atoms with E-state index in [9.17, 15) is 4.39 Å². The van der Waals surface area contributed by atoms with Crippen LogP contribution in [0.25, 0.3) is 0 Å². The van der Waals surface area contributed by atoms with Crippen LogP contribution in [0.3, 0.4) is 0 Å². The lowest BCUT2D eigenvalue weighted by molar-refractivity contribution is 0.393. The molecule has 0 saturated carbocycles. The van der Waals surface area contributed by atoms with Gasteiger partial charge >= 0.3 is 0 Å². The SMILES string of the molecule is COc1cc(C(C)C)sc1F. The first kappa shape index (κ1) is 8.53. The molecule has 0 unspecified atom stereocenters. The van der Waals surface area contributed by atoms with Crippen molar-refractivity contribution < 1.29 is 9.13 Å². The number of halogens is 1. The zero-order chi connectivity index (χ0) is 8.43. The lowest BCUT2D eigenvalue weighted by atomic mass is 10.2. The largest absolute Gasteiger partial charge is 0.493 e. The molecule has 0 aliphatic rings. The van der Waals surface area contributed by atoms with E-state index in [1.54, 1.807) is 6.07 Å². The zero-order valence-corrected chi connectivity index (χ0v) is 7.67. The number of hydrogen-bond acceptors (Lipinski definition) is 2. The summed E-state index contributed by atoms with van der Waals surface area (Å²) in [6, 6.07) is 1.75. The van der Waals surface area contributed by atoms with E-state index in [4.69, 9.17) is 4.74 Å². The Hall–Kier alpha value is -0.570. The Labute approximate surface area is 69.8 Å². The molecule has 1 nitrogen and oxygen atoms in total. The van der Waals surface area contributed by atoms with Gasteiger partial charge in [-0.2, -0.15) is 4.39 Å². The van der Waals surface area contributed by atoms with Crippen molar-refractivity contribution in [3.63, 3.8) is 0 Å². The Morgan fingerprint density at radius 2 is 2.18 bits per heavy atom. The first-order valence-electron chi connectivity index (χ1n) is 3.48. The molecule has 1 rings (SSSR count). The number of rotatable bonds is 2. The van der Waals surface area contributed by atoms with Gasteiger partial charge in [-0.15, -0.1) is 11.3 Å². The Bertz CT molecular complexity index is 242. The quantitative estimate of drug-likeness (QED) is 0.669. The minimum absolute atomic E-state index is 0.226. The molecular weight excluding hydrogens is 163 g/mol. The Morgan fingerprint density at radius 3 is 2.45 bits per heavy atom. The van der Waals surface area contributed by atoms with Crippen molar-refractivity contribution in [1.29, 1.82) is 0 Å². The van der Waals surface area contributed by atoms with Crippen LogP contribution in [0, 0.1) is 5.13 Å². The summed E-state index contributed by atoms with van der Waals surface area (Å²) in [6.45, 7) is 4.06. The topological polar surface area (TPSA) is 9.23 Å². The van der Waals surface area contributed by atoms with Crippen LogP contribution in [-0.4, -0.2) is 7.11 Å². The van der Waals surface area contributed by atoms with Crippen LogP contribution in [0.4, 0.5) is 4.39 Å². The van der Waals surface area contributed by atoms with Gasteiger partial charge in [-0.1, -0.05) is 13.8 Å². The van der Waals surface area contributed by atoms with Crippen molar-refractivity contribution in [3.8, 4) is 5.75 Å². The van der Waals surface area contributed by atoms with Gasteiger partial charge in [0.1, 0.15) is 0 Å². The molecule has 0 atom stereocenters. The van der Waals surface area contributed by atoms with E-state index in [-0.39, 0.29) is 5.13 Å². The Morgan fingerprint density at radius 1 is 1.55 bits per heavy atom. The maximum Gasteiger partial charge on any atom is 0.218 e. The van der Waals surface area contributed by atoms with E-state index in [2.05, 4.69) is 0 Å². The normalized spacial score (nSPS) is 10.6. The number of hydrogen-bond donors (Lipinski definition) is 0. The van der Waals surface area contributed by atoms with E-state index in [1.165, 1.54) is 7.11 Å². The first-order chi connectivity index (χ1) is 5.15. The van der Waals surface area contributed by atoms with Crippen LogP contribution in [0.15, 0.2) is 6.07 Å². The molecule has 1 aromatic rings. The summed E-state index contributed by atoms with van der Waals surface area (Å²) >= 11 is 1.16. The smallest absolute Gasteiger partial charge is 0.218 e. The van der Waals surface area contributed by atoms with Gasteiger partial charge in [0, 0.05) is 4.88 Å². The highest BCUT2D eigenvalue weighted by molar-refractivity contribution is 7.10. The van der Waals surface area contributed by atoms with Crippen LogP contribution >= 0.6 is 11.3 Å². The highest BCUT2D eigenvalue weighted by Crippen LogP contribution is 2.31. The molecule has 0 N–H and O–H groups in total. The molecule has 1 aromatic heterocycles. The maximum atomic E-state index is 12.9. The summed E-state index contributed by atoms with van der Waals surface area (Å²) in [5.74, 6) is 0.733. The maximum absolute atomic E-state index is 12.9. The highest BCUT2D eigenvalue weighted by Gasteiger charge is 2.10. The lowest BCUT2D eigenvalue weighted by Gasteiger charge is -1.96. The standard InChI is InChI=1S/C8H11FOS/c1-5(2)7-4-6(10-3)8(9)11-7/h4-5H,1-3H3. The van der Waals surface area contributed by atoms with Crippen LogP contribution in [-0.2, 0) is 0 Å². The van der Waals surface area contributed by atoms with Gasteiger partial charge in [-0.25, -0.2) is 0 Å². The van der Waals surface area contributed by atoms with Gasteiger partial charge in [-0.3, -0.25) is 0 Å². The summed E-state index contributed by atoms with van der Waals surface area (Å²) in [7, 11) is 1.48. The molecular formula is C8H11FOS. The van der Waals surface area contributed by atoms with Crippen molar-refractivity contribution in [2.24, 2.45) is 0 Å². The average Bonchev–Trinajstić information content (AvgIpc) is 2.31. The second kappa shape index (κ2) is 3.22.